The molecule has 6 heteroatoms. The molecule has 6 nitrogen and oxygen atoms in total. The second-order valence-electron chi connectivity index (χ2n) is 7.25. The van der Waals surface area contributed by atoms with Crippen LogP contribution in [-0.2, 0) is 14.4 Å². The Balaban J connectivity index is 1.80. The van der Waals surface area contributed by atoms with E-state index in [4.69, 9.17) is 0 Å². The maximum Gasteiger partial charge on any atom is 0.221 e. The molecular weight excluding hydrogens is 354 g/mol. The summed E-state index contributed by atoms with van der Waals surface area (Å²) in [7, 11) is 2.03. The molecule has 2 aromatic carbocycles. The van der Waals surface area contributed by atoms with Crippen LogP contribution in [0.3, 0.4) is 0 Å². The van der Waals surface area contributed by atoms with Crippen molar-refractivity contribution in [3.8, 4) is 0 Å². The van der Waals surface area contributed by atoms with E-state index in [0.29, 0.717) is 12.8 Å². The Kier molecular flexibility index (Phi) is 5.90. The Morgan fingerprint density at radius 1 is 0.786 bits per heavy atom. The molecule has 2 amide bonds. The minimum atomic E-state index is -0.111. The first-order valence-electron chi connectivity index (χ1n) is 9.32. The fourth-order valence-corrected chi connectivity index (χ4v) is 3.71. The fraction of sp³-hybridized carbons (Fsp3) is 0.318. The van der Waals surface area contributed by atoms with Gasteiger partial charge in [0.15, 0.2) is 0 Å². The van der Waals surface area contributed by atoms with Crippen LogP contribution in [0.1, 0.15) is 49.9 Å². The summed E-state index contributed by atoms with van der Waals surface area (Å²) in [4.78, 5) is 37.1. The molecule has 1 aliphatic rings. The van der Waals surface area contributed by atoms with Gasteiger partial charge in [0.05, 0.1) is 0 Å². The lowest BCUT2D eigenvalue weighted by Gasteiger charge is -2.39. The number of nitrogens with one attached hydrogen (secondary N) is 2. The Morgan fingerprint density at radius 3 is 1.46 bits per heavy atom. The molecular formula is C22H25N3O3. The van der Waals surface area contributed by atoms with Crippen molar-refractivity contribution in [1.82, 2.24) is 4.90 Å². The number of anilines is 2. The lowest BCUT2D eigenvalue weighted by Crippen LogP contribution is -2.37. The van der Waals surface area contributed by atoms with Gasteiger partial charge in [-0.05, 0) is 42.4 Å². The molecule has 1 heterocycles. The molecule has 0 spiro atoms. The normalized spacial score (nSPS) is 19.9. The van der Waals surface area contributed by atoms with Crippen LogP contribution in [-0.4, -0.2) is 29.5 Å². The highest BCUT2D eigenvalue weighted by atomic mass is 16.2. The molecule has 28 heavy (non-hydrogen) atoms. The number of ketones is 1. The van der Waals surface area contributed by atoms with E-state index >= 15 is 0 Å². The standard InChI is InChI=1S/C22H25N3O3/c1-14(26)23-18-8-4-16(5-9-18)21-12-20(28)13-22(25(21)3)17-6-10-19(11-7-17)24-15(2)27/h4-11,21-22H,12-13H2,1-3H3,(H,23,26)(H,24,27). The zero-order valence-corrected chi connectivity index (χ0v) is 16.4. The van der Waals surface area contributed by atoms with Crippen LogP contribution < -0.4 is 10.6 Å². The van der Waals surface area contributed by atoms with Crippen molar-refractivity contribution >= 4 is 29.0 Å². The number of carbonyl (C=O) groups is 3. The summed E-state index contributed by atoms with van der Waals surface area (Å²) in [5.41, 5.74) is 3.58. The highest BCUT2D eigenvalue weighted by Crippen LogP contribution is 2.39. The van der Waals surface area contributed by atoms with E-state index in [1.807, 2.05) is 55.6 Å². The number of hydrogen-bond donors (Lipinski definition) is 2. The summed E-state index contributed by atoms with van der Waals surface area (Å²) >= 11 is 0. The molecule has 1 saturated heterocycles. The molecule has 0 saturated carbocycles. The summed E-state index contributed by atoms with van der Waals surface area (Å²) < 4.78 is 0. The Morgan fingerprint density at radius 2 is 1.14 bits per heavy atom. The predicted octanol–water partition coefficient (Wildman–Crippen LogP) is 3.68. The summed E-state index contributed by atoms with van der Waals surface area (Å²) in [6.45, 7) is 2.95. The number of hydrogen-bond acceptors (Lipinski definition) is 4. The number of amides is 2. The second-order valence-corrected chi connectivity index (χ2v) is 7.25. The Bertz CT molecular complexity index is 803. The van der Waals surface area contributed by atoms with Gasteiger partial charge in [-0.3, -0.25) is 19.3 Å². The van der Waals surface area contributed by atoms with Crippen molar-refractivity contribution < 1.29 is 14.4 Å². The molecule has 1 fully saturated rings. The van der Waals surface area contributed by atoms with Gasteiger partial charge in [-0.15, -0.1) is 0 Å². The van der Waals surface area contributed by atoms with Gasteiger partial charge in [0.1, 0.15) is 5.78 Å². The predicted molar refractivity (Wildman–Crippen MR) is 109 cm³/mol. The molecule has 0 bridgehead atoms. The van der Waals surface area contributed by atoms with Gasteiger partial charge in [-0.2, -0.15) is 0 Å². The monoisotopic (exact) mass is 379 g/mol. The fourth-order valence-electron chi connectivity index (χ4n) is 3.71. The van der Waals surface area contributed by atoms with Crippen LogP contribution in [0.25, 0.3) is 0 Å². The highest BCUT2D eigenvalue weighted by molar-refractivity contribution is 5.89. The van der Waals surface area contributed by atoms with Gasteiger partial charge >= 0.3 is 0 Å². The lowest BCUT2D eigenvalue weighted by molar-refractivity contribution is -0.125. The highest BCUT2D eigenvalue weighted by Gasteiger charge is 2.33. The average molecular weight is 379 g/mol. The van der Waals surface area contributed by atoms with E-state index in [-0.39, 0.29) is 29.7 Å². The third-order valence-corrected chi connectivity index (χ3v) is 5.06. The van der Waals surface area contributed by atoms with Crippen LogP contribution in [0.5, 0.6) is 0 Å². The van der Waals surface area contributed by atoms with Gasteiger partial charge in [0, 0.05) is 50.1 Å². The first kappa shape index (κ1) is 19.8. The van der Waals surface area contributed by atoms with Gasteiger partial charge < -0.3 is 10.6 Å². The van der Waals surface area contributed by atoms with Crippen LogP contribution in [0.15, 0.2) is 48.5 Å². The molecule has 2 N–H and O–H groups in total. The Hall–Kier alpha value is -2.99. The largest absolute Gasteiger partial charge is 0.326 e. The van der Waals surface area contributed by atoms with Gasteiger partial charge in [0.2, 0.25) is 11.8 Å². The third kappa shape index (κ3) is 4.64. The van der Waals surface area contributed by atoms with E-state index in [1.54, 1.807) is 0 Å². The van der Waals surface area contributed by atoms with Crippen molar-refractivity contribution in [3.63, 3.8) is 0 Å². The zero-order chi connectivity index (χ0) is 20.3. The molecule has 2 atom stereocenters. The first-order valence-corrected chi connectivity index (χ1v) is 9.32. The minimum Gasteiger partial charge on any atom is -0.326 e. The average Bonchev–Trinajstić information content (AvgIpc) is 2.64. The quantitative estimate of drug-likeness (QED) is 0.849. The number of benzene rings is 2. The molecule has 2 unspecified atom stereocenters. The number of likely N-dealkylation sites (tertiary alicyclic amines) is 1. The van der Waals surface area contributed by atoms with Crippen molar-refractivity contribution in [1.29, 1.82) is 0 Å². The molecule has 0 radical (unpaired) electrons. The number of rotatable bonds is 4. The smallest absolute Gasteiger partial charge is 0.221 e. The van der Waals surface area contributed by atoms with E-state index in [2.05, 4.69) is 15.5 Å². The molecule has 146 valence electrons. The maximum atomic E-state index is 12.5. The van der Waals surface area contributed by atoms with Crippen molar-refractivity contribution in [2.75, 3.05) is 17.7 Å². The van der Waals surface area contributed by atoms with E-state index in [1.165, 1.54) is 13.8 Å². The topological polar surface area (TPSA) is 78.5 Å². The molecule has 3 rings (SSSR count). The summed E-state index contributed by atoms with van der Waals surface area (Å²) in [5.74, 6) is 0.00551. The van der Waals surface area contributed by atoms with E-state index in [9.17, 15) is 14.4 Å². The first-order chi connectivity index (χ1) is 13.3. The van der Waals surface area contributed by atoms with Crippen LogP contribution in [0, 0.1) is 0 Å². The van der Waals surface area contributed by atoms with E-state index in [0.717, 1.165) is 22.5 Å². The van der Waals surface area contributed by atoms with E-state index < -0.39 is 0 Å². The maximum absolute atomic E-state index is 12.5. The summed E-state index contributed by atoms with van der Waals surface area (Å²) in [6.07, 6.45) is 0.937. The zero-order valence-electron chi connectivity index (χ0n) is 16.4. The van der Waals surface area contributed by atoms with Crippen molar-refractivity contribution in [3.05, 3.63) is 59.7 Å². The van der Waals surface area contributed by atoms with Crippen LogP contribution in [0.2, 0.25) is 0 Å². The van der Waals surface area contributed by atoms with Gasteiger partial charge in [-0.1, -0.05) is 24.3 Å². The number of piperidine rings is 1. The van der Waals surface area contributed by atoms with Crippen LogP contribution >= 0.6 is 0 Å². The summed E-state index contributed by atoms with van der Waals surface area (Å²) in [6, 6.07) is 15.2. The van der Waals surface area contributed by atoms with Gasteiger partial charge in [-0.25, -0.2) is 0 Å². The van der Waals surface area contributed by atoms with Crippen LogP contribution in [0.4, 0.5) is 11.4 Å². The minimum absolute atomic E-state index is 0.0207. The molecule has 2 aromatic rings. The number of carbonyl (C=O) groups excluding carboxylic acids is 3. The number of nitrogens with zero attached hydrogens (tertiary/aromatic N) is 1. The SMILES string of the molecule is CC(=O)Nc1ccc(C2CC(=O)CC(c3ccc(NC(C)=O)cc3)N2C)cc1. The van der Waals surface area contributed by atoms with Gasteiger partial charge in [0.25, 0.3) is 0 Å². The van der Waals surface area contributed by atoms with Crippen molar-refractivity contribution in [2.24, 2.45) is 0 Å². The second kappa shape index (κ2) is 8.35. The lowest BCUT2D eigenvalue weighted by atomic mass is 9.87. The molecule has 1 aliphatic heterocycles. The summed E-state index contributed by atoms with van der Waals surface area (Å²) in [5, 5.41) is 5.52. The number of Topliss-reactive ketones (excluding diaryl/α,β-unsaturated/α-hetero) is 1. The Labute approximate surface area is 164 Å². The van der Waals surface area contributed by atoms with Crippen molar-refractivity contribution in [2.45, 2.75) is 38.8 Å². The third-order valence-electron chi connectivity index (χ3n) is 5.06. The molecule has 0 aliphatic carbocycles. The molecule has 0 aromatic heterocycles.